The number of amides is 1. The topological polar surface area (TPSA) is 70.6 Å². The first kappa shape index (κ1) is 19.5. The fourth-order valence-corrected chi connectivity index (χ4v) is 4.04. The molecular weight excluding hydrogens is 304 g/mol. The molecule has 0 aromatic carbocycles. The fourth-order valence-electron chi connectivity index (χ4n) is 4.04. The highest BCUT2D eigenvalue weighted by atomic mass is 16.6. The number of hydrogen-bond acceptors (Lipinski definition) is 4. The zero-order valence-corrected chi connectivity index (χ0v) is 15.9. The summed E-state index contributed by atoms with van der Waals surface area (Å²) in [5.74, 6) is 0.624. The average molecular weight is 341 g/mol. The molecule has 24 heavy (non-hydrogen) atoms. The smallest absolute Gasteiger partial charge is 0.407 e. The molecule has 5 heteroatoms. The van der Waals surface area contributed by atoms with Gasteiger partial charge >= 0.3 is 6.09 Å². The Morgan fingerprint density at radius 2 is 1.79 bits per heavy atom. The van der Waals surface area contributed by atoms with Gasteiger partial charge in [0.05, 0.1) is 5.60 Å². The molecule has 0 saturated heterocycles. The molecule has 0 heterocycles. The summed E-state index contributed by atoms with van der Waals surface area (Å²) in [6, 6.07) is 0.652. The van der Waals surface area contributed by atoms with Crippen molar-refractivity contribution in [3.8, 4) is 0 Å². The van der Waals surface area contributed by atoms with E-state index in [1.54, 1.807) is 0 Å². The zero-order chi connectivity index (χ0) is 17.8. The molecule has 0 aromatic heterocycles. The maximum Gasteiger partial charge on any atom is 0.407 e. The van der Waals surface area contributed by atoms with E-state index >= 15 is 0 Å². The number of hydrogen-bond donors (Lipinski definition) is 3. The normalized spacial score (nSPS) is 34.6. The Hall–Kier alpha value is -0.810. The summed E-state index contributed by atoms with van der Waals surface area (Å²) in [7, 11) is 0. The zero-order valence-electron chi connectivity index (χ0n) is 15.9. The van der Waals surface area contributed by atoms with Gasteiger partial charge in [0.1, 0.15) is 5.60 Å². The van der Waals surface area contributed by atoms with E-state index in [1.807, 2.05) is 20.8 Å². The Balaban J connectivity index is 1.66. The van der Waals surface area contributed by atoms with E-state index in [1.165, 1.54) is 6.42 Å². The van der Waals surface area contributed by atoms with Crippen molar-refractivity contribution in [2.24, 2.45) is 5.92 Å². The summed E-state index contributed by atoms with van der Waals surface area (Å²) in [6.07, 6.45) is 7.88. The van der Waals surface area contributed by atoms with Crippen molar-refractivity contribution in [3.63, 3.8) is 0 Å². The molecule has 3 N–H and O–H groups in total. The van der Waals surface area contributed by atoms with Crippen molar-refractivity contribution in [2.45, 2.75) is 102 Å². The summed E-state index contributed by atoms with van der Waals surface area (Å²) in [5, 5.41) is 17.3. The summed E-state index contributed by atoms with van der Waals surface area (Å²) in [6.45, 7) is 8.57. The third-order valence-corrected chi connectivity index (χ3v) is 5.24. The Morgan fingerprint density at radius 3 is 2.38 bits per heavy atom. The molecule has 0 radical (unpaired) electrons. The van der Waals surface area contributed by atoms with E-state index in [9.17, 15) is 9.90 Å². The van der Waals surface area contributed by atoms with Crippen LogP contribution in [0, 0.1) is 5.92 Å². The van der Waals surface area contributed by atoms with E-state index < -0.39 is 11.2 Å². The van der Waals surface area contributed by atoms with E-state index in [-0.39, 0.29) is 12.1 Å². The van der Waals surface area contributed by atoms with Gasteiger partial charge in [0, 0.05) is 18.6 Å². The van der Waals surface area contributed by atoms with Gasteiger partial charge < -0.3 is 20.5 Å². The first-order valence-corrected chi connectivity index (χ1v) is 9.60. The van der Waals surface area contributed by atoms with E-state index in [2.05, 4.69) is 17.6 Å². The summed E-state index contributed by atoms with van der Waals surface area (Å²) < 4.78 is 5.32. The van der Waals surface area contributed by atoms with Gasteiger partial charge in [-0.2, -0.15) is 0 Å². The molecule has 2 saturated carbocycles. The molecule has 2 fully saturated rings. The third kappa shape index (κ3) is 6.60. The predicted octanol–water partition coefficient (Wildman–Crippen LogP) is 3.35. The maximum atomic E-state index is 11.8. The van der Waals surface area contributed by atoms with Crippen molar-refractivity contribution in [1.29, 1.82) is 0 Å². The molecule has 2 atom stereocenters. The minimum absolute atomic E-state index is 0.204. The fraction of sp³-hybridized carbons (Fsp3) is 0.947. The van der Waals surface area contributed by atoms with Crippen LogP contribution in [0.4, 0.5) is 4.79 Å². The molecule has 2 aliphatic carbocycles. The quantitative estimate of drug-likeness (QED) is 0.734. The number of carbonyl (C=O) groups is 1. The summed E-state index contributed by atoms with van der Waals surface area (Å²) in [4.78, 5) is 11.8. The van der Waals surface area contributed by atoms with Crippen molar-refractivity contribution >= 4 is 6.09 Å². The molecule has 0 spiro atoms. The number of alkyl carbamates (subject to hydrolysis) is 1. The molecule has 1 amide bonds. The predicted molar refractivity (Wildman–Crippen MR) is 96.0 cm³/mol. The van der Waals surface area contributed by atoms with Crippen molar-refractivity contribution < 1.29 is 14.6 Å². The molecule has 5 nitrogen and oxygen atoms in total. The van der Waals surface area contributed by atoms with E-state index in [0.717, 1.165) is 44.9 Å². The lowest BCUT2D eigenvalue weighted by Gasteiger charge is -2.38. The van der Waals surface area contributed by atoms with Crippen LogP contribution in [0.2, 0.25) is 0 Å². The number of ether oxygens (including phenoxy) is 1. The second-order valence-corrected chi connectivity index (χ2v) is 9.00. The third-order valence-electron chi connectivity index (χ3n) is 5.24. The van der Waals surface area contributed by atoms with E-state index in [4.69, 9.17) is 4.74 Å². The molecule has 2 rings (SSSR count). The van der Waals surface area contributed by atoms with Crippen molar-refractivity contribution in [1.82, 2.24) is 10.6 Å². The lowest BCUT2D eigenvalue weighted by Crippen LogP contribution is -2.49. The minimum atomic E-state index is -0.525. The Kier molecular flexibility index (Phi) is 6.54. The molecule has 0 bridgehead atoms. The van der Waals surface area contributed by atoms with Crippen molar-refractivity contribution in [2.75, 3.05) is 6.54 Å². The minimum Gasteiger partial charge on any atom is -0.444 e. The molecular formula is C19H36N2O3. The van der Waals surface area contributed by atoms with Crippen LogP contribution < -0.4 is 10.6 Å². The highest BCUT2D eigenvalue weighted by Crippen LogP contribution is 2.32. The van der Waals surface area contributed by atoms with Crippen LogP contribution in [-0.2, 0) is 4.74 Å². The largest absolute Gasteiger partial charge is 0.444 e. The second kappa shape index (κ2) is 8.05. The Morgan fingerprint density at radius 1 is 1.17 bits per heavy atom. The monoisotopic (exact) mass is 340 g/mol. The van der Waals surface area contributed by atoms with Gasteiger partial charge in [-0.15, -0.1) is 0 Å². The summed E-state index contributed by atoms with van der Waals surface area (Å²) in [5.41, 5.74) is -0.974. The van der Waals surface area contributed by atoms with Gasteiger partial charge in [0.2, 0.25) is 0 Å². The first-order chi connectivity index (χ1) is 11.2. The SMILES string of the molecule is CC1CCCC(O)(CNC2CCC(NC(=O)OC(C)(C)C)CC2)C1. The van der Waals surface area contributed by atoms with Crippen LogP contribution >= 0.6 is 0 Å². The van der Waals surface area contributed by atoms with Crippen LogP contribution in [0.25, 0.3) is 0 Å². The lowest BCUT2D eigenvalue weighted by atomic mass is 9.78. The average Bonchev–Trinajstić information content (AvgIpc) is 2.44. The van der Waals surface area contributed by atoms with Crippen LogP contribution in [0.1, 0.15) is 79.1 Å². The highest BCUT2D eigenvalue weighted by Gasteiger charge is 2.33. The van der Waals surface area contributed by atoms with E-state index in [0.29, 0.717) is 18.5 Å². The number of nitrogens with one attached hydrogen (secondary N) is 2. The van der Waals surface area contributed by atoms with Crippen LogP contribution in [-0.4, -0.2) is 41.0 Å². The molecule has 140 valence electrons. The Bertz CT molecular complexity index is 413. The molecule has 2 aliphatic rings. The van der Waals surface area contributed by atoms with Gasteiger partial charge in [-0.1, -0.05) is 19.8 Å². The number of rotatable bonds is 4. The van der Waals surface area contributed by atoms with Gasteiger partial charge in [-0.3, -0.25) is 0 Å². The lowest BCUT2D eigenvalue weighted by molar-refractivity contribution is -0.0147. The van der Waals surface area contributed by atoms with Gasteiger partial charge in [-0.25, -0.2) is 4.79 Å². The second-order valence-electron chi connectivity index (χ2n) is 9.00. The maximum absolute atomic E-state index is 11.8. The van der Waals surface area contributed by atoms with Gasteiger partial charge in [-0.05, 0) is 65.2 Å². The van der Waals surface area contributed by atoms with Gasteiger partial charge in [0.25, 0.3) is 0 Å². The van der Waals surface area contributed by atoms with Gasteiger partial charge in [0.15, 0.2) is 0 Å². The molecule has 0 aromatic rings. The first-order valence-electron chi connectivity index (χ1n) is 9.60. The van der Waals surface area contributed by atoms with Crippen molar-refractivity contribution in [3.05, 3.63) is 0 Å². The standard InChI is InChI=1S/C19H36N2O3/c1-14-6-5-11-19(23,12-14)13-20-15-7-9-16(10-8-15)21-17(22)24-18(2,3)4/h14-16,20,23H,5-13H2,1-4H3,(H,21,22). The number of aliphatic hydroxyl groups is 1. The Labute approximate surface area is 146 Å². The van der Waals surface area contributed by atoms with Crippen LogP contribution in [0.5, 0.6) is 0 Å². The number of carbonyl (C=O) groups excluding carboxylic acids is 1. The highest BCUT2D eigenvalue weighted by molar-refractivity contribution is 5.68. The summed E-state index contributed by atoms with van der Waals surface area (Å²) >= 11 is 0. The van der Waals surface area contributed by atoms with Crippen LogP contribution in [0.3, 0.4) is 0 Å². The molecule has 2 unspecified atom stereocenters. The molecule has 0 aliphatic heterocycles. The van der Waals surface area contributed by atoms with Crippen LogP contribution in [0.15, 0.2) is 0 Å².